The van der Waals surface area contributed by atoms with Crippen LogP contribution >= 0.6 is 0 Å². The van der Waals surface area contributed by atoms with E-state index in [-0.39, 0.29) is 25.9 Å². The van der Waals surface area contributed by atoms with E-state index >= 15 is 0 Å². The standard InChI is InChI=1S/C12H11F2N2O/c13-12(14)5-7-16(8-6-12)11-15-9-3-1-2-4-10(9)17-11/h2-4H,5-8H2. The zero-order valence-corrected chi connectivity index (χ0v) is 9.12. The van der Waals surface area contributed by atoms with E-state index in [1.54, 1.807) is 23.1 Å². The summed E-state index contributed by atoms with van der Waals surface area (Å²) in [4.78, 5) is 6.03. The Morgan fingerprint density at radius 2 is 2.12 bits per heavy atom. The summed E-state index contributed by atoms with van der Waals surface area (Å²) in [6.45, 7) is 0.563. The van der Waals surface area contributed by atoms with Gasteiger partial charge in [0.2, 0.25) is 0 Å². The van der Waals surface area contributed by atoms with Crippen molar-refractivity contribution >= 4 is 17.1 Å². The first-order valence-electron chi connectivity index (χ1n) is 5.53. The molecule has 1 aliphatic heterocycles. The molecule has 0 saturated carbocycles. The predicted octanol–water partition coefficient (Wildman–Crippen LogP) is 2.86. The van der Waals surface area contributed by atoms with E-state index in [0.717, 1.165) is 0 Å². The van der Waals surface area contributed by atoms with Crippen LogP contribution in [0.1, 0.15) is 12.8 Å². The van der Waals surface area contributed by atoms with Crippen molar-refractivity contribution in [3.05, 3.63) is 24.3 Å². The molecule has 0 bridgehead atoms. The second-order valence-electron chi connectivity index (χ2n) is 4.23. The Hall–Kier alpha value is -1.65. The Labute approximate surface area is 97.0 Å². The van der Waals surface area contributed by atoms with Crippen LogP contribution in [0.4, 0.5) is 14.8 Å². The van der Waals surface area contributed by atoms with Crippen LogP contribution in [0.25, 0.3) is 11.1 Å². The summed E-state index contributed by atoms with van der Waals surface area (Å²) in [5, 5.41) is 0. The molecule has 2 aromatic rings. The third kappa shape index (κ3) is 1.97. The molecule has 0 atom stereocenters. The third-order valence-electron chi connectivity index (χ3n) is 2.99. The first-order valence-corrected chi connectivity index (χ1v) is 5.53. The van der Waals surface area contributed by atoms with Gasteiger partial charge in [0.05, 0.1) is 0 Å². The second-order valence-corrected chi connectivity index (χ2v) is 4.23. The van der Waals surface area contributed by atoms with Gasteiger partial charge in [-0.3, -0.25) is 0 Å². The Bertz CT molecular complexity index is 495. The number of halogens is 2. The summed E-state index contributed by atoms with van der Waals surface area (Å²) in [5.74, 6) is -2.55. The number of nitrogens with zero attached hydrogens (tertiary/aromatic N) is 2. The maximum atomic E-state index is 13.0. The largest absolute Gasteiger partial charge is 0.423 e. The van der Waals surface area contributed by atoms with E-state index in [4.69, 9.17) is 4.42 Å². The van der Waals surface area contributed by atoms with Crippen LogP contribution < -0.4 is 4.90 Å². The average molecular weight is 237 g/mol. The maximum absolute atomic E-state index is 13.0. The topological polar surface area (TPSA) is 29.3 Å². The van der Waals surface area contributed by atoms with Crippen LogP contribution in [0.5, 0.6) is 0 Å². The van der Waals surface area contributed by atoms with Crippen molar-refractivity contribution in [2.75, 3.05) is 18.0 Å². The van der Waals surface area contributed by atoms with Crippen LogP contribution in [-0.2, 0) is 0 Å². The summed E-state index contributed by atoms with van der Waals surface area (Å²) in [6.07, 6.45) is -0.282. The zero-order valence-electron chi connectivity index (χ0n) is 9.12. The van der Waals surface area contributed by atoms with Gasteiger partial charge >= 0.3 is 0 Å². The van der Waals surface area contributed by atoms with Crippen molar-refractivity contribution in [1.29, 1.82) is 0 Å². The maximum Gasteiger partial charge on any atom is 0.298 e. The number of alkyl halides is 2. The molecule has 0 unspecified atom stereocenters. The van der Waals surface area contributed by atoms with E-state index in [9.17, 15) is 8.78 Å². The number of anilines is 1. The van der Waals surface area contributed by atoms with Gasteiger partial charge in [-0.25, -0.2) is 8.78 Å². The van der Waals surface area contributed by atoms with Crippen molar-refractivity contribution < 1.29 is 13.2 Å². The molecule has 3 rings (SSSR count). The Kier molecular flexibility index (Phi) is 2.28. The van der Waals surface area contributed by atoms with Crippen molar-refractivity contribution in [3.8, 4) is 0 Å². The van der Waals surface area contributed by atoms with E-state index in [2.05, 4.69) is 11.1 Å². The highest BCUT2D eigenvalue weighted by atomic mass is 19.3. The SMILES string of the molecule is FC1(F)CCN(c2nc3c[c]ccc3o2)CC1. The van der Waals surface area contributed by atoms with Gasteiger partial charge < -0.3 is 9.32 Å². The number of rotatable bonds is 1. The number of piperidine rings is 1. The molecule has 0 aliphatic carbocycles. The molecule has 5 heteroatoms. The van der Waals surface area contributed by atoms with Crippen molar-refractivity contribution in [2.24, 2.45) is 0 Å². The monoisotopic (exact) mass is 237 g/mol. The van der Waals surface area contributed by atoms with Gasteiger partial charge in [-0.15, -0.1) is 0 Å². The highest BCUT2D eigenvalue weighted by molar-refractivity contribution is 5.74. The summed E-state index contributed by atoms with van der Waals surface area (Å²) < 4.78 is 31.6. The number of hydrogen-bond donors (Lipinski definition) is 0. The molecule has 1 fully saturated rings. The number of oxazole rings is 1. The van der Waals surface area contributed by atoms with E-state index in [1.807, 2.05) is 0 Å². The quantitative estimate of drug-likeness (QED) is 0.763. The highest BCUT2D eigenvalue weighted by Crippen LogP contribution is 2.31. The van der Waals surface area contributed by atoms with Gasteiger partial charge in [0, 0.05) is 25.9 Å². The number of aromatic nitrogens is 1. The molecule has 1 radical (unpaired) electrons. The fourth-order valence-corrected chi connectivity index (χ4v) is 1.97. The van der Waals surface area contributed by atoms with Gasteiger partial charge in [0.15, 0.2) is 5.58 Å². The molecule has 0 spiro atoms. The lowest BCUT2D eigenvalue weighted by molar-refractivity contribution is -0.0226. The minimum atomic E-state index is -2.55. The summed E-state index contributed by atoms with van der Waals surface area (Å²) in [6, 6.07) is 8.56. The molecule has 0 amide bonds. The number of fused-ring (bicyclic) bond motifs is 1. The molecule has 1 aliphatic rings. The molecule has 1 saturated heterocycles. The molecule has 1 aromatic heterocycles. The lowest BCUT2D eigenvalue weighted by atomic mass is 10.1. The minimum absolute atomic E-state index is 0.141. The molecule has 0 N–H and O–H groups in total. The molecular formula is C12H11F2N2O. The van der Waals surface area contributed by atoms with Crippen LogP contribution in [0.3, 0.4) is 0 Å². The number of hydrogen-bond acceptors (Lipinski definition) is 3. The van der Waals surface area contributed by atoms with Crippen molar-refractivity contribution in [1.82, 2.24) is 4.98 Å². The molecule has 17 heavy (non-hydrogen) atoms. The zero-order chi connectivity index (χ0) is 11.9. The Morgan fingerprint density at radius 3 is 2.82 bits per heavy atom. The predicted molar refractivity (Wildman–Crippen MR) is 59.2 cm³/mol. The molecule has 2 heterocycles. The Morgan fingerprint density at radius 1 is 1.35 bits per heavy atom. The van der Waals surface area contributed by atoms with Gasteiger partial charge in [0.25, 0.3) is 11.9 Å². The third-order valence-corrected chi connectivity index (χ3v) is 2.99. The van der Waals surface area contributed by atoms with Crippen molar-refractivity contribution in [3.63, 3.8) is 0 Å². The first-order chi connectivity index (χ1) is 8.14. The normalized spacial score (nSPS) is 19.8. The Balaban J connectivity index is 1.85. The van der Waals surface area contributed by atoms with Gasteiger partial charge in [-0.2, -0.15) is 4.98 Å². The lowest BCUT2D eigenvalue weighted by Crippen LogP contribution is -2.39. The fourth-order valence-electron chi connectivity index (χ4n) is 1.97. The fraction of sp³-hybridized carbons (Fsp3) is 0.417. The first kappa shape index (κ1) is 10.5. The highest BCUT2D eigenvalue weighted by Gasteiger charge is 2.35. The van der Waals surface area contributed by atoms with E-state index in [0.29, 0.717) is 17.1 Å². The lowest BCUT2D eigenvalue weighted by Gasteiger charge is -2.30. The molecular weight excluding hydrogens is 226 g/mol. The second kappa shape index (κ2) is 3.68. The van der Waals surface area contributed by atoms with Crippen LogP contribution in [-0.4, -0.2) is 24.0 Å². The van der Waals surface area contributed by atoms with Gasteiger partial charge in [0.1, 0.15) is 5.52 Å². The van der Waals surface area contributed by atoms with Crippen molar-refractivity contribution in [2.45, 2.75) is 18.8 Å². The van der Waals surface area contributed by atoms with Crippen LogP contribution in [0.15, 0.2) is 22.6 Å². The van der Waals surface area contributed by atoms with E-state index in [1.165, 1.54) is 0 Å². The molecule has 89 valence electrons. The van der Waals surface area contributed by atoms with Gasteiger partial charge in [-0.05, 0) is 18.2 Å². The molecule has 1 aromatic carbocycles. The smallest absolute Gasteiger partial charge is 0.298 e. The summed E-state index contributed by atoms with van der Waals surface area (Å²) in [7, 11) is 0. The number of benzene rings is 1. The van der Waals surface area contributed by atoms with E-state index < -0.39 is 5.92 Å². The minimum Gasteiger partial charge on any atom is -0.423 e. The summed E-state index contributed by atoms with van der Waals surface area (Å²) >= 11 is 0. The summed E-state index contributed by atoms with van der Waals surface area (Å²) in [5.41, 5.74) is 1.37. The average Bonchev–Trinajstić information content (AvgIpc) is 2.72. The van der Waals surface area contributed by atoms with Gasteiger partial charge in [-0.1, -0.05) is 6.07 Å². The molecule has 3 nitrogen and oxygen atoms in total. The van der Waals surface area contributed by atoms with Crippen LogP contribution in [0.2, 0.25) is 0 Å². The van der Waals surface area contributed by atoms with Crippen LogP contribution in [0, 0.1) is 6.07 Å².